The van der Waals surface area contributed by atoms with Gasteiger partial charge in [0.1, 0.15) is 11.2 Å². The van der Waals surface area contributed by atoms with Gasteiger partial charge >= 0.3 is 0 Å². The van der Waals surface area contributed by atoms with Gasteiger partial charge in [0.15, 0.2) is 0 Å². The number of furan rings is 1. The number of benzene rings is 10. The Morgan fingerprint density at radius 2 is 1.00 bits per heavy atom. The van der Waals surface area contributed by atoms with Crippen LogP contribution in [0.3, 0.4) is 0 Å². The van der Waals surface area contributed by atoms with Gasteiger partial charge in [0.05, 0.1) is 43.0 Å². The monoisotopic (exact) mass is 859 g/mol. The molecule has 0 fully saturated rings. The lowest BCUT2D eigenvalue weighted by Gasteiger charge is -2.29. The fourth-order valence-corrected chi connectivity index (χ4v) is 9.91. The average Bonchev–Trinajstić information content (AvgIpc) is 3.74. The largest absolute Gasteiger partial charge is 0.455 e. The van der Waals surface area contributed by atoms with Gasteiger partial charge in [0, 0.05) is 60.6 Å². The minimum atomic E-state index is -0.748. The smallest absolute Gasteiger partial charge is 0.143 e. The van der Waals surface area contributed by atoms with Gasteiger partial charge in [-0.05, 0) is 81.9 Å². The standard InChI is InChI=1S/C63H44N2O/c1-63(2)54-27-10-6-22-53(54)60-55(63)28-16-32-59(60)64(44-37-33-42(34-38-44)46-19-7-11-29-56(46)65-57-30-12-8-20-49(57)50-21-9-13-31-58(50)65)45-39-35-43(36-40-45)48-24-15-26-52-51-25-14-23-47(61(51)66-62(48)52)41-17-4-3-5-18-41/h3-40H,1-2H3/i3D,4D,5D,14D,15D,17D,18D,23D,24D,25D,26D,35D,36D,39D,40D. The van der Waals surface area contributed by atoms with E-state index < -0.39 is 129 Å². The molecule has 2 aromatic heterocycles. The minimum Gasteiger partial charge on any atom is -0.455 e. The first-order valence-electron chi connectivity index (χ1n) is 29.1. The molecular weight excluding hydrogens is 801 g/mol. The number of hydrogen-bond donors (Lipinski definition) is 0. The van der Waals surface area contributed by atoms with Gasteiger partial charge in [-0.15, -0.1) is 0 Å². The normalized spacial score (nSPS) is 16.0. The van der Waals surface area contributed by atoms with Crippen molar-refractivity contribution in [2.45, 2.75) is 19.3 Å². The Hall–Kier alpha value is -8.40. The van der Waals surface area contributed by atoms with E-state index in [0.29, 0.717) is 11.4 Å². The number of rotatable bonds is 7. The zero-order valence-corrected chi connectivity index (χ0v) is 35.6. The van der Waals surface area contributed by atoms with E-state index in [1.165, 1.54) is 0 Å². The molecule has 13 rings (SSSR count). The third kappa shape index (κ3) is 5.76. The van der Waals surface area contributed by atoms with E-state index in [0.717, 1.165) is 60.9 Å². The van der Waals surface area contributed by atoms with Crippen LogP contribution in [0.25, 0.3) is 93.9 Å². The highest BCUT2D eigenvalue weighted by Gasteiger charge is 2.37. The molecule has 0 saturated carbocycles. The Bertz CT molecular complexity index is 4640. The first-order chi connectivity index (χ1) is 38.8. The van der Waals surface area contributed by atoms with Crippen molar-refractivity contribution in [2.75, 3.05) is 4.90 Å². The molecule has 0 atom stereocenters. The van der Waals surface area contributed by atoms with E-state index >= 15 is 0 Å². The maximum absolute atomic E-state index is 10.0. The van der Waals surface area contributed by atoms with Gasteiger partial charge in [-0.2, -0.15) is 0 Å². The van der Waals surface area contributed by atoms with Crippen LogP contribution < -0.4 is 4.90 Å². The zero-order chi connectivity index (χ0) is 57.0. The van der Waals surface area contributed by atoms with Crippen LogP contribution in [0.1, 0.15) is 45.5 Å². The van der Waals surface area contributed by atoms with Crippen molar-refractivity contribution in [3.63, 3.8) is 0 Å². The first-order valence-corrected chi connectivity index (χ1v) is 21.6. The van der Waals surface area contributed by atoms with E-state index in [2.05, 4.69) is 60.9 Å². The van der Waals surface area contributed by atoms with Crippen LogP contribution in [0.4, 0.5) is 17.1 Å². The molecular formula is C63H44N2O. The van der Waals surface area contributed by atoms with Crippen LogP contribution in [0.15, 0.2) is 235 Å². The summed E-state index contributed by atoms with van der Waals surface area (Å²) in [5, 5.41) is 1.55. The molecule has 2 heterocycles. The molecule has 0 spiro atoms. The third-order valence-corrected chi connectivity index (χ3v) is 12.9. The Labute approximate surface area is 405 Å². The summed E-state index contributed by atoms with van der Waals surface area (Å²) < 4.78 is 146. The number of fused-ring (bicyclic) bond motifs is 9. The van der Waals surface area contributed by atoms with E-state index in [1.54, 1.807) is 4.90 Å². The van der Waals surface area contributed by atoms with Crippen LogP contribution in [0.2, 0.25) is 0 Å². The second kappa shape index (κ2) is 14.8. The minimum absolute atomic E-state index is 0.145. The molecule has 10 aromatic carbocycles. The molecule has 1 aliphatic rings. The van der Waals surface area contributed by atoms with Crippen molar-refractivity contribution >= 4 is 60.8 Å². The summed E-state index contributed by atoms with van der Waals surface area (Å²) in [5.74, 6) is 0. The molecule has 12 aromatic rings. The van der Waals surface area contributed by atoms with Crippen molar-refractivity contribution < 1.29 is 25.0 Å². The molecule has 0 aliphatic heterocycles. The third-order valence-electron chi connectivity index (χ3n) is 12.9. The number of anilines is 3. The van der Waals surface area contributed by atoms with Gasteiger partial charge in [-0.3, -0.25) is 0 Å². The van der Waals surface area contributed by atoms with Crippen molar-refractivity contribution in [1.82, 2.24) is 4.57 Å². The van der Waals surface area contributed by atoms with Crippen LogP contribution in [0.5, 0.6) is 0 Å². The fraction of sp³-hybridized carbons (Fsp3) is 0.0476. The van der Waals surface area contributed by atoms with Crippen molar-refractivity contribution in [1.29, 1.82) is 0 Å². The molecule has 66 heavy (non-hydrogen) atoms. The van der Waals surface area contributed by atoms with Crippen molar-refractivity contribution in [3.8, 4) is 50.2 Å². The van der Waals surface area contributed by atoms with Gasteiger partial charge < -0.3 is 13.9 Å². The number of hydrogen-bond acceptors (Lipinski definition) is 2. The highest BCUT2D eigenvalue weighted by Crippen LogP contribution is 2.54. The number of aromatic nitrogens is 1. The maximum Gasteiger partial charge on any atom is 0.143 e. The highest BCUT2D eigenvalue weighted by molar-refractivity contribution is 6.13. The summed E-state index contributed by atoms with van der Waals surface area (Å²) in [6.07, 6.45) is 0. The molecule has 1 aliphatic carbocycles. The Kier molecular flexibility index (Phi) is 5.80. The van der Waals surface area contributed by atoms with Crippen LogP contribution in [0, 0.1) is 0 Å². The highest BCUT2D eigenvalue weighted by atomic mass is 16.3. The lowest BCUT2D eigenvalue weighted by Crippen LogP contribution is -2.16. The SMILES string of the molecule is [2H]c1c([2H])c([2H])c(-c2c([2H])c([2H])c([2H])c3c2oc2c(-c4c([2H])c([2H])c(N(c5ccc(-c6ccccc6-n6c7ccccc7c7ccccc76)cc5)c5cccc6c5-c5ccccc5C6(C)C)c([2H])c4[2H])c([2H])c([2H])c([2H])c23)c([2H])c1[2H]. The second-order valence-corrected chi connectivity index (χ2v) is 16.9. The molecule has 0 radical (unpaired) electrons. The Morgan fingerprint density at radius 1 is 0.424 bits per heavy atom. The van der Waals surface area contributed by atoms with Gasteiger partial charge in [-0.25, -0.2) is 0 Å². The van der Waals surface area contributed by atoms with Crippen molar-refractivity contribution in [2.24, 2.45) is 0 Å². The lowest BCUT2D eigenvalue weighted by molar-refractivity contribution is 0.660. The van der Waals surface area contributed by atoms with Gasteiger partial charge in [0.25, 0.3) is 0 Å². The van der Waals surface area contributed by atoms with Crippen molar-refractivity contribution in [3.05, 3.63) is 241 Å². The van der Waals surface area contributed by atoms with Gasteiger partial charge in [-0.1, -0.05) is 196 Å². The predicted molar refractivity (Wildman–Crippen MR) is 277 cm³/mol. The number of para-hydroxylation sites is 5. The van der Waals surface area contributed by atoms with E-state index in [-0.39, 0.29) is 16.5 Å². The molecule has 0 N–H and O–H groups in total. The van der Waals surface area contributed by atoms with E-state index in [9.17, 15) is 6.85 Å². The Balaban J connectivity index is 1.05. The number of nitrogens with zero attached hydrogens (tertiary/aromatic N) is 2. The lowest BCUT2D eigenvalue weighted by atomic mass is 9.82. The second-order valence-electron chi connectivity index (χ2n) is 16.9. The van der Waals surface area contributed by atoms with Crippen LogP contribution >= 0.6 is 0 Å². The van der Waals surface area contributed by atoms with E-state index in [4.69, 9.17) is 18.1 Å². The quantitative estimate of drug-likeness (QED) is 0.159. The predicted octanol–water partition coefficient (Wildman–Crippen LogP) is 17.5. The van der Waals surface area contributed by atoms with Crippen LogP contribution in [-0.2, 0) is 5.41 Å². The topological polar surface area (TPSA) is 21.3 Å². The zero-order valence-electron chi connectivity index (χ0n) is 50.6. The summed E-state index contributed by atoms with van der Waals surface area (Å²) in [7, 11) is 0. The average molecular weight is 860 g/mol. The summed E-state index contributed by atoms with van der Waals surface area (Å²) in [4.78, 5) is 1.72. The summed E-state index contributed by atoms with van der Waals surface area (Å²) in [6.45, 7) is 4.26. The van der Waals surface area contributed by atoms with E-state index in [1.807, 2.05) is 97.1 Å². The first kappa shape index (κ1) is 25.8. The molecule has 3 heteroatoms. The van der Waals surface area contributed by atoms with Crippen LogP contribution in [-0.4, -0.2) is 4.57 Å². The molecule has 0 amide bonds. The molecule has 312 valence electrons. The molecule has 0 bridgehead atoms. The maximum atomic E-state index is 10.0. The molecule has 0 unspecified atom stereocenters. The fourth-order valence-electron chi connectivity index (χ4n) is 9.91. The molecule has 3 nitrogen and oxygen atoms in total. The summed E-state index contributed by atoms with van der Waals surface area (Å²) in [6, 6.07) is 35.9. The Morgan fingerprint density at radius 3 is 1.68 bits per heavy atom. The summed E-state index contributed by atoms with van der Waals surface area (Å²) >= 11 is 0. The molecule has 0 saturated heterocycles. The summed E-state index contributed by atoms with van der Waals surface area (Å²) in [5.41, 5.74) is 6.17. The van der Waals surface area contributed by atoms with Gasteiger partial charge in [0.2, 0.25) is 0 Å².